The van der Waals surface area contributed by atoms with E-state index >= 15 is 0 Å². The Bertz CT molecular complexity index is 1150. The van der Waals surface area contributed by atoms with Crippen LogP contribution in [-0.4, -0.2) is 56.5 Å². The van der Waals surface area contributed by atoms with Crippen LogP contribution in [0.25, 0.3) is 5.69 Å². The number of carbonyl (C=O) groups excluding carboxylic acids is 1. The molecule has 4 heterocycles. The van der Waals surface area contributed by atoms with Gasteiger partial charge in [0.2, 0.25) is 0 Å². The largest absolute Gasteiger partial charge is 0.433 e. The predicted octanol–water partition coefficient (Wildman–Crippen LogP) is 3.17. The molecular weight excluding hydrogens is 428 g/mol. The Balaban J connectivity index is 1.38. The molecule has 0 spiro atoms. The first kappa shape index (κ1) is 20.4. The van der Waals surface area contributed by atoms with Crippen LogP contribution < -0.4 is 4.90 Å². The molecule has 166 valence electrons. The van der Waals surface area contributed by atoms with Crippen molar-refractivity contribution >= 4 is 11.7 Å². The van der Waals surface area contributed by atoms with Crippen LogP contribution in [0.2, 0.25) is 0 Å². The molecule has 2 aromatic heterocycles. The molecule has 2 atom stereocenters. The summed E-state index contributed by atoms with van der Waals surface area (Å²) in [6.07, 6.45) is -0.888. The van der Waals surface area contributed by atoms with Gasteiger partial charge in [-0.15, -0.1) is 0 Å². The van der Waals surface area contributed by atoms with Gasteiger partial charge < -0.3 is 9.80 Å². The van der Waals surface area contributed by atoms with Gasteiger partial charge in [-0.2, -0.15) is 28.2 Å². The number of nitrogens with zero attached hydrogens (tertiary/aromatic N) is 6. The van der Waals surface area contributed by atoms with Gasteiger partial charge in [0.15, 0.2) is 0 Å². The number of hydrogen-bond acceptors (Lipinski definition) is 5. The van der Waals surface area contributed by atoms with Gasteiger partial charge in [-0.1, -0.05) is 6.07 Å². The van der Waals surface area contributed by atoms with Crippen molar-refractivity contribution in [2.45, 2.75) is 18.6 Å². The molecule has 5 rings (SSSR count). The van der Waals surface area contributed by atoms with E-state index in [2.05, 4.69) is 15.2 Å². The second-order valence-corrected chi connectivity index (χ2v) is 7.88. The molecule has 0 aliphatic carbocycles. The fraction of sp³-hybridized carbons (Fsp3) is 0.333. The maximum atomic E-state index is 14.0. The summed E-state index contributed by atoms with van der Waals surface area (Å²) in [5.41, 5.74) is -0.458. The van der Waals surface area contributed by atoms with E-state index in [-0.39, 0.29) is 29.2 Å². The van der Waals surface area contributed by atoms with Gasteiger partial charge in [-0.25, -0.2) is 9.37 Å². The van der Waals surface area contributed by atoms with Crippen LogP contribution in [0.3, 0.4) is 0 Å². The van der Waals surface area contributed by atoms with Crippen molar-refractivity contribution in [3.63, 3.8) is 0 Å². The molecule has 0 N–H and O–H groups in total. The summed E-state index contributed by atoms with van der Waals surface area (Å²) in [5, 5.41) is 8.06. The van der Waals surface area contributed by atoms with Gasteiger partial charge in [-0.3, -0.25) is 4.79 Å². The quantitative estimate of drug-likeness (QED) is 0.579. The van der Waals surface area contributed by atoms with Crippen LogP contribution in [-0.2, 0) is 6.18 Å². The van der Waals surface area contributed by atoms with E-state index in [1.165, 1.54) is 41.5 Å². The third-order valence-corrected chi connectivity index (χ3v) is 5.99. The molecule has 2 saturated heterocycles. The normalized spacial score (nSPS) is 20.6. The highest BCUT2D eigenvalue weighted by Crippen LogP contribution is 2.36. The third-order valence-electron chi connectivity index (χ3n) is 5.99. The molecule has 0 saturated carbocycles. The van der Waals surface area contributed by atoms with Crippen molar-refractivity contribution in [3.8, 4) is 5.69 Å². The molecule has 11 heteroatoms. The number of carbonyl (C=O) groups is 1. The SMILES string of the molecule is O=C(c1cc(F)ccc1-n1nccn1)N1CC2CCN(c3cccc(C(F)(F)F)n3)CC21. The van der Waals surface area contributed by atoms with E-state index in [1.54, 1.807) is 9.80 Å². The lowest BCUT2D eigenvalue weighted by Gasteiger charge is -2.53. The maximum Gasteiger partial charge on any atom is 0.433 e. The molecular formula is C21H18F4N6O. The number of benzene rings is 1. The van der Waals surface area contributed by atoms with Crippen LogP contribution in [0.15, 0.2) is 48.8 Å². The average Bonchev–Trinajstić information content (AvgIpc) is 3.28. The van der Waals surface area contributed by atoms with E-state index < -0.39 is 17.7 Å². The zero-order chi connectivity index (χ0) is 22.5. The van der Waals surface area contributed by atoms with Gasteiger partial charge in [0, 0.05) is 25.6 Å². The number of halogens is 4. The number of pyridine rings is 1. The minimum Gasteiger partial charge on any atom is -0.355 e. The van der Waals surface area contributed by atoms with Crippen LogP contribution in [0.4, 0.5) is 23.4 Å². The van der Waals surface area contributed by atoms with E-state index in [0.717, 1.165) is 18.6 Å². The summed E-state index contributed by atoms with van der Waals surface area (Å²) in [7, 11) is 0. The number of hydrogen-bond donors (Lipinski definition) is 0. The summed E-state index contributed by atoms with van der Waals surface area (Å²) in [6, 6.07) is 7.43. The molecule has 1 aromatic carbocycles. The number of likely N-dealkylation sites (tertiary alicyclic amines) is 1. The lowest BCUT2D eigenvalue weighted by molar-refractivity contribution is -0.141. The Kier molecular flexibility index (Phi) is 4.83. The molecule has 0 radical (unpaired) electrons. The van der Waals surface area contributed by atoms with Crippen molar-refractivity contribution in [1.82, 2.24) is 24.9 Å². The summed E-state index contributed by atoms with van der Waals surface area (Å²) in [4.78, 5) is 21.7. The van der Waals surface area contributed by atoms with E-state index in [9.17, 15) is 22.4 Å². The van der Waals surface area contributed by atoms with Crippen LogP contribution >= 0.6 is 0 Å². The fourth-order valence-electron chi connectivity index (χ4n) is 4.34. The number of amides is 1. The van der Waals surface area contributed by atoms with Crippen molar-refractivity contribution in [3.05, 3.63) is 65.9 Å². The minimum absolute atomic E-state index is 0.133. The number of alkyl halides is 3. The van der Waals surface area contributed by atoms with Crippen LogP contribution in [0.1, 0.15) is 22.5 Å². The predicted molar refractivity (Wildman–Crippen MR) is 106 cm³/mol. The second-order valence-electron chi connectivity index (χ2n) is 7.88. The van der Waals surface area contributed by atoms with Crippen molar-refractivity contribution in [2.75, 3.05) is 24.5 Å². The van der Waals surface area contributed by atoms with Crippen molar-refractivity contribution < 1.29 is 22.4 Å². The summed E-state index contributed by atoms with van der Waals surface area (Å²) in [6.45, 7) is 1.42. The highest BCUT2D eigenvalue weighted by molar-refractivity contribution is 5.98. The first-order chi connectivity index (χ1) is 15.3. The maximum absolute atomic E-state index is 14.0. The zero-order valence-electron chi connectivity index (χ0n) is 16.7. The zero-order valence-corrected chi connectivity index (χ0v) is 16.7. The Morgan fingerprint density at radius 2 is 1.84 bits per heavy atom. The Morgan fingerprint density at radius 1 is 1.06 bits per heavy atom. The van der Waals surface area contributed by atoms with Gasteiger partial charge in [-0.05, 0) is 36.8 Å². The van der Waals surface area contributed by atoms with Crippen molar-refractivity contribution in [2.24, 2.45) is 5.92 Å². The molecule has 2 fully saturated rings. The summed E-state index contributed by atoms with van der Waals surface area (Å²) >= 11 is 0. The summed E-state index contributed by atoms with van der Waals surface area (Å²) in [5.74, 6) is -0.456. The third kappa shape index (κ3) is 3.57. The molecule has 1 amide bonds. The Hall–Kier alpha value is -3.50. The number of anilines is 1. The van der Waals surface area contributed by atoms with Gasteiger partial charge in [0.05, 0.1) is 29.7 Å². The highest BCUT2D eigenvalue weighted by atomic mass is 19.4. The summed E-state index contributed by atoms with van der Waals surface area (Å²) < 4.78 is 53.1. The van der Waals surface area contributed by atoms with E-state index in [4.69, 9.17) is 0 Å². The number of aromatic nitrogens is 4. The molecule has 0 bridgehead atoms. The molecule has 2 aliphatic rings. The first-order valence-electron chi connectivity index (χ1n) is 10.1. The Morgan fingerprint density at radius 3 is 2.59 bits per heavy atom. The lowest BCUT2D eigenvalue weighted by Crippen LogP contribution is -2.66. The minimum atomic E-state index is -4.53. The standard InChI is InChI=1S/C21H18F4N6O/c22-14-4-5-16(31-26-7-8-27-31)15(10-14)20(32)30-11-13-6-9-29(12-17(13)30)19-3-1-2-18(28-19)21(23,24)25/h1-5,7-8,10,13,17H,6,9,11-12H2. The molecule has 7 nitrogen and oxygen atoms in total. The number of piperidine rings is 1. The highest BCUT2D eigenvalue weighted by Gasteiger charge is 2.46. The monoisotopic (exact) mass is 446 g/mol. The average molecular weight is 446 g/mol. The van der Waals surface area contributed by atoms with Gasteiger partial charge >= 0.3 is 6.18 Å². The Labute approximate surface area is 180 Å². The second kappa shape index (κ2) is 7.57. The number of rotatable bonds is 3. The molecule has 2 unspecified atom stereocenters. The van der Waals surface area contributed by atoms with E-state index in [1.807, 2.05) is 0 Å². The van der Waals surface area contributed by atoms with Crippen molar-refractivity contribution in [1.29, 1.82) is 0 Å². The molecule has 3 aromatic rings. The molecule has 32 heavy (non-hydrogen) atoms. The van der Waals surface area contributed by atoms with Gasteiger partial charge in [0.25, 0.3) is 5.91 Å². The van der Waals surface area contributed by atoms with E-state index in [0.29, 0.717) is 25.3 Å². The molecule has 2 aliphatic heterocycles. The van der Waals surface area contributed by atoms with Crippen LogP contribution in [0, 0.1) is 11.7 Å². The topological polar surface area (TPSA) is 67.2 Å². The smallest absolute Gasteiger partial charge is 0.355 e. The first-order valence-corrected chi connectivity index (χ1v) is 10.1. The fourth-order valence-corrected chi connectivity index (χ4v) is 4.34. The lowest BCUT2D eigenvalue weighted by atomic mass is 9.81. The number of fused-ring (bicyclic) bond motifs is 1. The van der Waals surface area contributed by atoms with Gasteiger partial charge in [0.1, 0.15) is 17.3 Å². The van der Waals surface area contributed by atoms with Crippen LogP contribution in [0.5, 0.6) is 0 Å².